The molecule has 126 valence electrons. The van der Waals surface area contributed by atoms with Gasteiger partial charge in [0.1, 0.15) is 6.29 Å². The van der Waals surface area contributed by atoms with E-state index in [1.807, 2.05) is 26.0 Å². The van der Waals surface area contributed by atoms with Gasteiger partial charge in [0.15, 0.2) is 0 Å². The molecular weight excluding hydrogens is 280 g/mol. The number of carbonyl (C=O) groups excluding carboxylic acids is 1. The number of hydrogen-bond donors (Lipinski definition) is 0. The number of rotatable bonds is 6. The standard InChI is InChI=1S/C22H32O/c1-7-20(16-23)18(3)11-8-10-17(2)13-14-21-19(4)12-9-15-22(21,5)6/h8,10-11,13-14,16H,7,9,12,15H2,1-6H3/b11-8-,14-13-,17-10-,20-18-. The van der Waals surface area contributed by atoms with Gasteiger partial charge in [-0.05, 0) is 68.6 Å². The van der Waals surface area contributed by atoms with Crippen molar-refractivity contribution in [2.75, 3.05) is 0 Å². The lowest BCUT2D eigenvalue weighted by Gasteiger charge is -2.32. The molecule has 1 aliphatic rings. The van der Waals surface area contributed by atoms with Crippen LogP contribution in [-0.2, 0) is 4.79 Å². The molecule has 1 aliphatic carbocycles. The van der Waals surface area contributed by atoms with Crippen LogP contribution in [0.2, 0.25) is 0 Å². The SMILES string of the molecule is CC/C(C=O)=C(C)/C=C\C=C(C)/C=C\C1=C(C)CCCC1(C)C. The summed E-state index contributed by atoms with van der Waals surface area (Å²) in [4.78, 5) is 10.9. The Labute approximate surface area is 142 Å². The lowest BCUT2D eigenvalue weighted by Crippen LogP contribution is -2.19. The van der Waals surface area contributed by atoms with Crippen molar-refractivity contribution in [2.45, 2.75) is 67.2 Å². The van der Waals surface area contributed by atoms with E-state index in [2.05, 4.69) is 45.9 Å². The van der Waals surface area contributed by atoms with E-state index in [0.29, 0.717) is 0 Å². The van der Waals surface area contributed by atoms with E-state index in [9.17, 15) is 4.79 Å². The normalized spacial score (nSPS) is 20.3. The van der Waals surface area contributed by atoms with Gasteiger partial charge >= 0.3 is 0 Å². The molecule has 0 amide bonds. The van der Waals surface area contributed by atoms with E-state index < -0.39 is 0 Å². The summed E-state index contributed by atoms with van der Waals surface area (Å²) in [5.74, 6) is 0. The van der Waals surface area contributed by atoms with Crippen molar-refractivity contribution in [3.8, 4) is 0 Å². The summed E-state index contributed by atoms with van der Waals surface area (Å²) >= 11 is 0. The van der Waals surface area contributed by atoms with Gasteiger partial charge in [-0.25, -0.2) is 0 Å². The van der Waals surface area contributed by atoms with Gasteiger partial charge in [-0.1, -0.05) is 62.3 Å². The van der Waals surface area contributed by atoms with Gasteiger partial charge < -0.3 is 0 Å². The molecule has 1 rings (SSSR count). The molecule has 0 aromatic rings. The average molecular weight is 312 g/mol. The Morgan fingerprint density at radius 2 is 1.91 bits per heavy atom. The van der Waals surface area contributed by atoms with Gasteiger partial charge in [0.05, 0.1) is 0 Å². The Bertz CT molecular complexity index is 577. The first-order valence-electron chi connectivity index (χ1n) is 8.70. The minimum Gasteiger partial charge on any atom is -0.298 e. The minimum atomic E-state index is 0.286. The molecule has 0 radical (unpaired) electrons. The van der Waals surface area contributed by atoms with Crippen LogP contribution in [0.15, 0.2) is 58.2 Å². The second-order valence-corrected chi connectivity index (χ2v) is 7.21. The fraction of sp³-hybridized carbons (Fsp3) is 0.500. The summed E-state index contributed by atoms with van der Waals surface area (Å²) in [7, 11) is 0. The van der Waals surface area contributed by atoms with Crippen molar-refractivity contribution in [3.63, 3.8) is 0 Å². The topological polar surface area (TPSA) is 17.1 Å². The summed E-state index contributed by atoms with van der Waals surface area (Å²) in [6.07, 6.45) is 16.2. The van der Waals surface area contributed by atoms with Gasteiger partial charge in [0.2, 0.25) is 0 Å². The Hall–Kier alpha value is -1.63. The van der Waals surface area contributed by atoms with Crippen molar-refractivity contribution in [1.82, 2.24) is 0 Å². The van der Waals surface area contributed by atoms with Gasteiger partial charge in [0, 0.05) is 0 Å². The van der Waals surface area contributed by atoms with E-state index in [-0.39, 0.29) is 5.41 Å². The van der Waals surface area contributed by atoms with Gasteiger partial charge in [0.25, 0.3) is 0 Å². The number of allylic oxidation sites excluding steroid dienone is 10. The van der Waals surface area contributed by atoms with Crippen molar-refractivity contribution in [3.05, 3.63) is 58.2 Å². The third kappa shape index (κ3) is 5.82. The molecule has 0 fully saturated rings. The third-order valence-electron chi connectivity index (χ3n) is 4.79. The zero-order chi connectivity index (χ0) is 17.5. The van der Waals surface area contributed by atoms with E-state index in [1.165, 1.54) is 36.0 Å². The molecule has 0 N–H and O–H groups in total. The summed E-state index contributed by atoms with van der Waals surface area (Å²) in [5.41, 5.74) is 6.44. The molecule has 0 saturated carbocycles. The van der Waals surface area contributed by atoms with Crippen LogP contribution in [0.3, 0.4) is 0 Å². The predicted octanol–water partition coefficient (Wildman–Crippen LogP) is 6.50. The van der Waals surface area contributed by atoms with Crippen LogP contribution >= 0.6 is 0 Å². The van der Waals surface area contributed by atoms with Gasteiger partial charge in [-0.15, -0.1) is 0 Å². The highest BCUT2D eigenvalue weighted by molar-refractivity contribution is 5.75. The maximum absolute atomic E-state index is 10.9. The molecule has 1 nitrogen and oxygen atoms in total. The number of aldehydes is 1. The van der Waals surface area contributed by atoms with Gasteiger partial charge in [-0.3, -0.25) is 4.79 Å². The van der Waals surface area contributed by atoms with Crippen LogP contribution in [0.4, 0.5) is 0 Å². The van der Waals surface area contributed by atoms with E-state index in [0.717, 1.165) is 23.9 Å². The zero-order valence-electron chi connectivity index (χ0n) is 15.7. The highest BCUT2D eigenvalue weighted by Crippen LogP contribution is 2.40. The van der Waals surface area contributed by atoms with E-state index in [1.54, 1.807) is 0 Å². The van der Waals surface area contributed by atoms with Crippen LogP contribution in [0.1, 0.15) is 67.2 Å². The largest absolute Gasteiger partial charge is 0.298 e. The second-order valence-electron chi connectivity index (χ2n) is 7.21. The Morgan fingerprint density at radius 3 is 2.48 bits per heavy atom. The van der Waals surface area contributed by atoms with Crippen LogP contribution in [-0.4, -0.2) is 6.29 Å². The quantitative estimate of drug-likeness (QED) is 0.311. The molecule has 0 aliphatic heterocycles. The number of carbonyl (C=O) groups is 1. The predicted molar refractivity (Wildman–Crippen MR) is 101 cm³/mol. The summed E-state index contributed by atoms with van der Waals surface area (Å²) in [6, 6.07) is 0. The molecule has 0 aromatic carbocycles. The molecule has 0 saturated heterocycles. The molecule has 0 aromatic heterocycles. The molecule has 1 heteroatoms. The van der Waals surface area contributed by atoms with Crippen molar-refractivity contribution >= 4 is 6.29 Å². The fourth-order valence-electron chi connectivity index (χ4n) is 3.19. The molecule has 0 bridgehead atoms. The molecule has 0 atom stereocenters. The Morgan fingerprint density at radius 1 is 1.22 bits per heavy atom. The first-order valence-corrected chi connectivity index (χ1v) is 8.70. The first-order chi connectivity index (χ1) is 10.8. The lowest BCUT2D eigenvalue weighted by atomic mass is 9.72. The second kappa shape index (κ2) is 8.86. The summed E-state index contributed by atoms with van der Waals surface area (Å²) in [6.45, 7) is 13.1. The molecule has 23 heavy (non-hydrogen) atoms. The van der Waals surface area contributed by atoms with E-state index in [4.69, 9.17) is 0 Å². The number of hydrogen-bond acceptors (Lipinski definition) is 1. The summed E-state index contributed by atoms with van der Waals surface area (Å²) < 4.78 is 0. The highest BCUT2D eigenvalue weighted by atomic mass is 16.1. The van der Waals surface area contributed by atoms with E-state index >= 15 is 0 Å². The zero-order valence-corrected chi connectivity index (χ0v) is 15.7. The van der Waals surface area contributed by atoms with Crippen molar-refractivity contribution in [2.24, 2.45) is 5.41 Å². The molecular formula is C22H32O. The Balaban J connectivity index is 2.85. The molecule has 0 unspecified atom stereocenters. The average Bonchev–Trinajstić information content (AvgIpc) is 2.47. The maximum Gasteiger partial charge on any atom is 0.146 e. The van der Waals surface area contributed by atoms with Crippen LogP contribution in [0, 0.1) is 5.41 Å². The van der Waals surface area contributed by atoms with Crippen molar-refractivity contribution < 1.29 is 4.79 Å². The first kappa shape index (κ1) is 19.4. The fourth-order valence-corrected chi connectivity index (χ4v) is 3.19. The van der Waals surface area contributed by atoms with Crippen LogP contribution in [0.5, 0.6) is 0 Å². The van der Waals surface area contributed by atoms with Gasteiger partial charge in [-0.2, -0.15) is 0 Å². The Kier molecular flexibility index (Phi) is 7.48. The molecule has 0 heterocycles. The highest BCUT2D eigenvalue weighted by Gasteiger charge is 2.26. The lowest BCUT2D eigenvalue weighted by molar-refractivity contribution is -0.105. The molecule has 0 spiro atoms. The summed E-state index contributed by atoms with van der Waals surface area (Å²) in [5, 5.41) is 0. The van der Waals surface area contributed by atoms with Crippen LogP contribution in [0.25, 0.3) is 0 Å². The third-order valence-corrected chi connectivity index (χ3v) is 4.79. The monoisotopic (exact) mass is 312 g/mol. The smallest absolute Gasteiger partial charge is 0.146 e. The maximum atomic E-state index is 10.9. The van der Waals surface area contributed by atoms with Crippen LogP contribution < -0.4 is 0 Å². The van der Waals surface area contributed by atoms with Crippen molar-refractivity contribution in [1.29, 1.82) is 0 Å². The minimum absolute atomic E-state index is 0.286.